The fourth-order valence-electron chi connectivity index (χ4n) is 3.24. The van der Waals surface area contributed by atoms with Gasteiger partial charge in [0.05, 0.1) is 18.9 Å². The van der Waals surface area contributed by atoms with Crippen LogP contribution in [-0.2, 0) is 9.53 Å². The van der Waals surface area contributed by atoms with E-state index >= 15 is 0 Å². The van der Waals surface area contributed by atoms with Crippen LogP contribution >= 0.6 is 23.1 Å². The number of hydrogen-bond donors (Lipinski definition) is 2. The highest BCUT2D eigenvalue weighted by Crippen LogP contribution is 2.30. The summed E-state index contributed by atoms with van der Waals surface area (Å²) in [6.07, 6.45) is 9.81. The third-order valence-corrected chi connectivity index (χ3v) is 7.03. The molecule has 0 saturated heterocycles. The largest absolute Gasteiger partial charge is 0.494 e. The quantitative estimate of drug-likeness (QED) is 0.0974. The smallest absolute Gasteiger partial charge is 0.379 e. The number of carbonyl (C=O) groups excluding carboxylic acids is 2. The number of nitroso groups, excluding NO2 is 1. The van der Waals surface area contributed by atoms with Gasteiger partial charge in [0.2, 0.25) is 21.9 Å². The molecule has 0 aliphatic heterocycles. The van der Waals surface area contributed by atoms with E-state index in [1.54, 1.807) is 19.2 Å². The van der Waals surface area contributed by atoms with Crippen LogP contribution in [0.1, 0.15) is 43.8 Å². The zero-order valence-electron chi connectivity index (χ0n) is 24.5. The highest BCUT2D eigenvalue weighted by Gasteiger charge is 2.32. The predicted molar refractivity (Wildman–Crippen MR) is 165 cm³/mol. The zero-order chi connectivity index (χ0) is 32.2. The number of carbonyl (C=O) groups is 2. The maximum atomic E-state index is 13.2. The van der Waals surface area contributed by atoms with Crippen LogP contribution in [0.25, 0.3) is 5.13 Å². The van der Waals surface area contributed by atoms with E-state index in [9.17, 15) is 19.3 Å². The lowest BCUT2D eigenvalue weighted by molar-refractivity contribution is -0.114. The van der Waals surface area contributed by atoms with E-state index < -0.39 is 22.2 Å². The number of nitrogens with one attached hydrogen (secondary N) is 2. The maximum Gasteiger partial charge on any atom is 0.379 e. The molecule has 2 N–H and O–H groups in total. The average Bonchev–Trinajstić information content (AvgIpc) is 3.64. The van der Waals surface area contributed by atoms with Gasteiger partial charge >= 0.3 is 5.63 Å². The molecule has 3 aromatic rings. The van der Waals surface area contributed by atoms with E-state index in [1.807, 2.05) is 13.8 Å². The molecule has 0 fully saturated rings. The van der Waals surface area contributed by atoms with Crippen LogP contribution in [0.4, 0.5) is 10.9 Å². The first kappa shape index (κ1) is 34.4. The Morgan fingerprint density at radius 3 is 2.63 bits per heavy atom. The second-order valence-corrected chi connectivity index (χ2v) is 10.2. The van der Waals surface area contributed by atoms with Crippen molar-refractivity contribution in [3.05, 3.63) is 56.8 Å². The predicted octanol–water partition coefficient (Wildman–Crippen LogP) is 3.72. The number of allylic oxidation sites excluding steroid dienone is 2. The lowest BCUT2D eigenvalue weighted by Gasteiger charge is -2.26. The Bertz CT molecular complexity index is 1620. The van der Waals surface area contributed by atoms with Crippen LogP contribution in [0.3, 0.4) is 0 Å². The molecule has 0 spiro atoms. The summed E-state index contributed by atoms with van der Waals surface area (Å²) in [5.74, 6) is 0.833. The Kier molecular flexibility index (Phi) is 12.8. The Morgan fingerprint density at radius 1 is 1.33 bits per heavy atom. The van der Waals surface area contributed by atoms with Crippen molar-refractivity contribution in [3.8, 4) is 23.2 Å². The zero-order valence-corrected chi connectivity index (χ0v) is 26.1. The fraction of sp³-hybridized carbons (Fsp3) is 0.346. The molecule has 2 amide bonds. The molecule has 0 saturated carbocycles. The molecule has 0 aliphatic rings. The molecule has 0 aliphatic carbocycles. The molecule has 1 unspecified atom stereocenters. The summed E-state index contributed by atoms with van der Waals surface area (Å²) in [7, 11) is 2.77. The van der Waals surface area contributed by atoms with Crippen LogP contribution in [0.2, 0.25) is 0 Å². The van der Waals surface area contributed by atoms with Crippen LogP contribution in [0.5, 0.6) is 5.75 Å². The third-order valence-electron chi connectivity index (χ3n) is 5.14. The van der Waals surface area contributed by atoms with Crippen molar-refractivity contribution in [1.82, 2.24) is 20.0 Å². The van der Waals surface area contributed by atoms with Crippen molar-refractivity contribution >= 4 is 51.6 Å². The van der Waals surface area contributed by atoms with E-state index in [0.717, 1.165) is 23.1 Å². The van der Waals surface area contributed by atoms with E-state index in [-0.39, 0.29) is 45.5 Å². The summed E-state index contributed by atoms with van der Waals surface area (Å²) in [6.45, 7) is 6.60. The molecule has 3 aromatic heterocycles. The van der Waals surface area contributed by atoms with Crippen LogP contribution in [-0.4, -0.2) is 69.4 Å². The van der Waals surface area contributed by atoms with Crippen molar-refractivity contribution in [3.63, 3.8) is 0 Å². The number of aromatic nitrogens is 4. The number of terminal acetylenes is 1. The normalized spacial score (nSPS) is 12.6. The van der Waals surface area contributed by atoms with Crippen LogP contribution < -0.4 is 21.0 Å². The van der Waals surface area contributed by atoms with Gasteiger partial charge in [-0.05, 0) is 13.2 Å². The topological polar surface area (TPSA) is 192 Å². The Hall–Kier alpha value is -4.82. The third kappa shape index (κ3) is 8.59. The van der Waals surface area contributed by atoms with E-state index in [0.29, 0.717) is 5.82 Å². The molecule has 3 heterocycles. The summed E-state index contributed by atoms with van der Waals surface area (Å²) in [6, 6.07) is 2.78. The second kappa shape index (κ2) is 16.0. The van der Waals surface area contributed by atoms with Gasteiger partial charge in [-0.1, -0.05) is 36.3 Å². The maximum absolute atomic E-state index is 13.2. The van der Waals surface area contributed by atoms with Crippen LogP contribution in [0, 0.1) is 17.3 Å². The lowest BCUT2D eigenvalue weighted by atomic mass is 10.1. The lowest BCUT2D eigenvalue weighted by Crippen LogP contribution is -2.34. The van der Waals surface area contributed by atoms with Crippen molar-refractivity contribution in [2.75, 3.05) is 37.6 Å². The van der Waals surface area contributed by atoms with Gasteiger partial charge in [0.1, 0.15) is 18.1 Å². The van der Waals surface area contributed by atoms with Gasteiger partial charge in [-0.15, -0.1) is 28.4 Å². The minimum absolute atomic E-state index is 0.0119. The van der Waals surface area contributed by atoms with Crippen molar-refractivity contribution in [2.24, 2.45) is 10.2 Å². The van der Waals surface area contributed by atoms with Gasteiger partial charge < -0.3 is 19.2 Å². The van der Waals surface area contributed by atoms with Crippen molar-refractivity contribution in [1.29, 1.82) is 0 Å². The number of ether oxygens (including phenoxy) is 2. The van der Waals surface area contributed by atoms with E-state index in [2.05, 4.69) is 42.0 Å². The van der Waals surface area contributed by atoms with Crippen molar-refractivity contribution in [2.45, 2.75) is 32.6 Å². The number of nitrogens with zero attached hydrogens (tertiary/aromatic N) is 6. The van der Waals surface area contributed by atoms with Gasteiger partial charge in [-0.3, -0.25) is 19.9 Å². The molecule has 3 rings (SSSR count). The number of hydrogen-bond acceptors (Lipinski definition) is 14. The standard InChI is InChI=1S/C24H24N8O7S2.C2H6/c1-7-8-15(37-5)18(25-4)14-11-16(38-21(35)19(14)39-24(3,40-6)12-27-36)20(34)29-22-30-31-23(41-22)32-17(9-10-26-32)28-13(2)33;1-2/h1,8-11H,12H2,2-6H3,(H,28,33)(H,29,30,34);1-2H3/b15-8+,25-18?;. The van der Waals surface area contributed by atoms with Gasteiger partial charge in [-0.25, -0.2) is 4.79 Å². The highest BCUT2D eigenvalue weighted by molar-refractivity contribution is 7.99. The number of anilines is 2. The van der Waals surface area contributed by atoms with Gasteiger partial charge in [-0.2, -0.15) is 14.7 Å². The van der Waals surface area contributed by atoms with Crippen molar-refractivity contribution < 1.29 is 23.5 Å². The summed E-state index contributed by atoms with van der Waals surface area (Å²) in [5, 5.41) is 20.3. The minimum atomic E-state index is -1.25. The first-order valence-corrected chi connectivity index (χ1v) is 14.5. The molecule has 0 bridgehead atoms. The first-order chi connectivity index (χ1) is 20.6. The van der Waals surface area contributed by atoms with E-state index in [4.69, 9.17) is 20.3 Å². The fourth-order valence-corrected chi connectivity index (χ4v) is 4.30. The molecule has 15 nitrogen and oxygen atoms in total. The molecule has 0 aromatic carbocycles. The first-order valence-electron chi connectivity index (χ1n) is 12.5. The van der Waals surface area contributed by atoms with Gasteiger partial charge in [0.15, 0.2) is 16.5 Å². The number of aliphatic imine (C=N–C) groups is 1. The number of rotatable bonds is 12. The molecule has 43 heavy (non-hydrogen) atoms. The van der Waals surface area contributed by atoms with Crippen LogP contribution in [0.15, 0.2) is 49.5 Å². The average molecular weight is 631 g/mol. The molecule has 17 heteroatoms. The summed E-state index contributed by atoms with van der Waals surface area (Å²) in [4.78, 5) is 51.7. The Balaban J connectivity index is 0.00000316. The Morgan fingerprint density at radius 2 is 2.05 bits per heavy atom. The molecular formula is C26H30N8O7S2. The summed E-state index contributed by atoms with van der Waals surface area (Å²) >= 11 is 2.07. The second-order valence-electron chi connectivity index (χ2n) is 7.97. The summed E-state index contributed by atoms with van der Waals surface area (Å²) < 4.78 is 17.9. The monoisotopic (exact) mass is 630 g/mol. The number of methoxy groups -OCH3 is 1. The van der Waals surface area contributed by atoms with Gasteiger partial charge in [0.25, 0.3) is 5.91 Å². The minimum Gasteiger partial charge on any atom is -0.494 e. The Labute approximate surface area is 255 Å². The molecular weight excluding hydrogens is 600 g/mol. The van der Waals surface area contributed by atoms with Gasteiger partial charge in [0, 0.05) is 32.2 Å². The number of thioether (sulfide) groups is 1. The van der Waals surface area contributed by atoms with E-state index in [1.165, 1.54) is 44.1 Å². The highest BCUT2D eigenvalue weighted by atomic mass is 32.2. The SMILES string of the molecule is C#C/C=C(/OC)C(=NC)c1cc(C(=O)Nc2nnc(-n3nccc3NC(C)=O)s2)oc(=O)c1OC(C)(CN=O)SC.CC. The summed E-state index contributed by atoms with van der Waals surface area (Å²) in [5.41, 5.74) is -0.948. The number of amides is 2. The molecule has 1 atom stereocenters. The molecule has 228 valence electrons. The molecule has 0 radical (unpaired) electrons.